The molecule has 0 spiro atoms. The second-order valence-electron chi connectivity index (χ2n) is 7.11. The van der Waals surface area contributed by atoms with Crippen LogP contribution in [0.15, 0.2) is 0 Å². The van der Waals surface area contributed by atoms with Crippen LogP contribution in [-0.4, -0.2) is 29.6 Å². The minimum atomic E-state index is 0.260. The van der Waals surface area contributed by atoms with E-state index in [1.165, 1.54) is 70.8 Å². The van der Waals surface area contributed by atoms with Gasteiger partial charge in [-0.2, -0.15) is 0 Å². The van der Waals surface area contributed by atoms with Crippen LogP contribution in [0.1, 0.15) is 78.1 Å². The van der Waals surface area contributed by atoms with Gasteiger partial charge in [0.2, 0.25) is 0 Å². The molecule has 0 radical (unpaired) electrons. The average Bonchev–Trinajstić information content (AvgIpc) is 2.46. The molecule has 3 atom stereocenters. The number of likely N-dealkylation sites (tertiary alicyclic amines) is 1. The number of hydrogen-bond donors (Lipinski definition) is 1. The van der Waals surface area contributed by atoms with Crippen molar-refractivity contribution >= 4 is 0 Å². The molecule has 19 heavy (non-hydrogen) atoms. The van der Waals surface area contributed by atoms with Crippen LogP contribution in [0.25, 0.3) is 0 Å². The third kappa shape index (κ3) is 3.52. The molecule has 1 aliphatic heterocycles. The van der Waals surface area contributed by atoms with Crippen LogP contribution in [0.2, 0.25) is 0 Å². The van der Waals surface area contributed by atoms with Gasteiger partial charge in [0.1, 0.15) is 0 Å². The summed E-state index contributed by atoms with van der Waals surface area (Å²) in [6.45, 7) is 6.85. The van der Waals surface area contributed by atoms with Gasteiger partial charge in [0, 0.05) is 18.1 Å². The maximum atomic E-state index is 6.20. The lowest BCUT2D eigenvalue weighted by Crippen LogP contribution is -2.60. The van der Waals surface area contributed by atoms with E-state index in [1.807, 2.05) is 0 Å². The largest absolute Gasteiger partial charge is 0.329 e. The first-order valence-corrected chi connectivity index (χ1v) is 8.68. The van der Waals surface area contributed by atoms with E-state index < -0.39 is 0 Å². The van der Waals surface area contributed by atoms with Crippen molar-refractivity contribution in [3.05, 3.63) is 0 Å². The molecular weight excluding hydrogens is 232 g/mol. The quantitative estimate of drug-likeness (QED) is 0.738. The molecule has 112 valence electrons. The zero-order valence-electron chi connectivity index (χ0n) is 13.2. The van der Waals surface area contributed by atoms with Crippen molar-refractivity contribution < 1.29 is 0 Å². The highest BCUT2D eigenvalue weighted by Crippen LogP contribution is 2.39. The maximum Gasteiger partial charge on any atom is 0.0306 e. The van der Waals surface area contributed by atoms with Gasteiger partial charge in [-0.3, -0.25) is 4.90 Å². The predicted octanol–water partition coefficient (Wildman–Crippen LogP) is 3.94. The van der Waals surface area contributed by atoms with Crippen LogP contribution in [0.5, 0.6) is 0 Å². The van der Waals surface area contributed by atoms with Gasteiger partial charge >= 0.3 is 0 Å². The predicted molar refractivity (Wildman–Crippen MR) is 83.3 cm³/mol. The highest BCUT2D eigenvalue weighted by Gasteiger charge is 2.41. The number of nitrogens with zero attached hydrogens (tertiary/aromatic N) is 1. The van der Waals surface area contributed by atoms with E-state index in [-0.39, 0.29) is 5.54 Å². The summed E-state index contributed by atoms with van der Waals surface area (Å²) in [5.74, 6) is 0.972. The fraction of sp³-hybridized carbons (Fsp3) is 1.00. The molecule has 1 saturated carbocycles. The first kappa shape index (κ1) is 15.3. The highest BCUT2D eigenvalue weighted by molar-refractivity contribution is 4.97. The zero-order valence-corrected chi connectivity index (χ0v) is 13.2. The van der Waals surface area contributed by atoms with E-state index in [9.17, 15) is 0 Å². The Hall–Kier alpha value is -0.0800. The van der Waals surface area contributed by atoms with Gasteiger partial charge in [-0.1, -0.05) is 39.0 Å². The molecule has 2 heteroatoms. The lowest BCUT2D eigenvalue weighted by molar-refractivity contribution is -0.0221. The topological polar surface area (TPSA) is 29.3 Å². The number of nitrogens with two attached hydrogens (primary N) is 1. The molecule has 2 aliphatic rings. The molecule has 0 aromatic rings. The van der Waals surface area contributed by atoms with Crippen LogP contribution in [-0.2, 0) is 0 Å². The first-order chi connectivity index (χ1) is 9.21. The molecule has 2 N–H and O–H groups in total. The third-order valence-corrected chi connectivity index (χ3v) is 5.70. The SMILES string of the molecule is CCCCCC(C)(CN)N1CCCC2CCCCC21. The summed E-state index contributed by atoms with van der Waals surface area (Å²) in [4.78, 5) is 2.83. The van der Waals surface area contributed by atoms with Crippen molar-refractivity contribution in [3.8, 4) is 0 Å². The van der Waals surface area contributed by atoms with Crippen molar-refractivity contribution in [1.82, 2.24) is 4.90 Å². The van der Waals surface area contributed by atoms with E-state index in [2.05, 4.69) is 18.7 Å². The Morgan fingerprint density at radius 3 is 2.58 bits per heavy atom. The number of piperidine rings is 1. The number of fused-ring (bicyclic) bond motifs is 1. The monoisotopic (exact) mass is 266 g/mol. The van der Waals surface area contributed by atoms with Gasteiger partial charge in [-0.25, -0.2) is 0 Å². The van der Waals surface area contributed by atoms with E-state index >= 15 is 0 Å². The standard InChI is InChI=1S/C17H34N2/c1-3-4-7-12-17(2,14-18)19-13-8-10-15-9-5-6-11-16(15)19/h15-16H,3-14,18H2,1-2H3. The summed E-state index contributed by atoms with van der Waals surface area (Å²) < 4.78 is 0. The van der Waals surface area contributed by atoms with Crippen LogP contribution in [0, 0.1) is 5.92 Å². The molecule has 1 heterocycles. The van der Waals surface area contributed by atoms with E-state index in [4.69, 9.17) is 5.73 Å². The number of hydrogen-bond acceptors (Lipinski definition) is 2. The fourth-order valence-corrected chi connectivity index (χ4v) is 4.41. The Morgan fingerprint density at radius 1 is 1.11 bits per heavy atom. The van der Waals surface area contributed by atoms with Crippen molar-refractivity contribution in [2.45, 2.75) is 89.6 Å². The summed E-state index contributed by atoms with van der Waals surface area (Å²) in [6.07, 6.45) is 14.0. The highest BCUT2D eigenvalue weighted by atomic mass is 15.2. The molecule has 3 unspecified atom stereocenters. The Morgan fingerprint density at radius 2 is 1.84 bits per heavy atom. The minimum Gasteiger partial charge on any atom is -0.329 e. The van der Waals surface area contributed by atoms with Crippen molar-refractivity contribution in [1.29, 1.82) is 0 Å². The van der Waals surface area contributed by atoms with Crippen LogP contribution in [0.4, 0.5) is 0 Å². The Bertz CT molecular complexity index is 264. The molecule has 2 fully saturated rings. The first-order valence-electron chi connectivity index (χ1n) is 8.68. The number of rotatable bonds is 6. The molecule has 0 amide bonds. The van der Waals surface area contributed by atoms with Gasteiger partial charge < -0.3 is 5.73 Å². The van der Waals surface area contributed by atoms with Gasteiger partial charge in [-0.15, -0.1) is 0 Å². The Balaban J connectivity index is 2.02. The van der Waals surface area contributed by atoms with E-state index in [1.54, 1.807) is 0 Å². The van der Waals surface area contributed by atoms with E-state index in [0.29, 0.717) is 0 Å². The molecule has 0 aromatic carbocycles. The van der Waals surface area contributed by atoms with Crippen molar-refractivity contribution in [2.75, 3.05) is 13.1 Å². The van der Waals surface area contributed by atoms with Crippen molar-refractivity contribution in [2.24, 2.45) is 11.7 Å². The summed E-state index contributed by atoms with van der Waals surface area (Å²) in [6, 6.07) is 0.845. The molecular formula is C17H34N2. The van der Waals surface area contributed by atoms with Crippen molar-refractivity contribution in [3.63, 3.8) is 0 Å². The third-order valence-electron chi connectivity index (χ3n) is 5.70. The second kappa shape index (κ2) is 7.08. The van der Waals surface area contributed by atoms with Gasteiger partial charge in [0.25, 0.3) is 0 Å². The Labute approximate surface area is 120 Å². The second-order valence-corrected chi connectivity index (χ2v) is 7.11. The summed E-state index contributed by atoms with van der Waals surface area (Å²) in [5, 5.41) is 0. The molecule has 1 saturated heterocycles. The van der Waals surface area contributed by atoms with Gasteiger partial charge in [0.05, 0.1) is 0 Å². The normalized spacial score (nSPS) is 31.7. The van der Waals surface area contributed by atoms with Crippen LogP contribution >= 0.6 is 0 Å². The summed E-state index contributed by atoms with van der Waals surface area (Å²) in [5.41, 5.74) is 6.46. The van der Waals surface area contributed by atoms with Gasteiger partial charge in [-0.05, 0) is 51.5 Å². The van der Waals surface area contributed by atoms with Crippen LogP contribution < -0.4 is 5.73 Å². The minimum absolute atomic E-state index is 0.260. The van der Waals surface area contributed by atoms with E-state index in [0.717, 1.165) is 18.5 Å². The Kier molecular flexibility index (Phi) is 5.70. The van der Waals surface area contributed by atoms with Crippen LogP contribution in [0.3, 0.4) is 0 Å². The van der Waals surface area contributed by atoms with Gasteiger partial charge in [0.15, 0.2) is 0 Å². The molecule has 0 aromatic heterocycles. The molecule has 2 nitrogen and oxygen atoms in total. The lowest BCUT2D eigenvalue weighted by Gasteiger charge is -2.52. The average molecular weight is 266 g/mol. The molecule has 0 bridgehead atoms. The maximum absolute atomic E-state index is 6.20. The molecule has 2 rings (SSSR count). The summed E-state index contributed by atoms with van der Waals surface area (Å²) in [7, 11) is 0. The molecule has 1 aliphatic carbocycles. The lowest BCUT2D eigenvalue weighted by atomic mass is 9.75. The zero-order chi connectivity index (χ0) is 13.7. The fourth-order valence-electron chi connectivity index (χ4n) is 4.41. The summed E-state index contributed by atoms with van der Waals surface area (Å²) >= 11 is 0. The smallest absolute Gasteiger partial charge is 0.0306 e. The number of unbranched alkanes of at least 4 members (excludes halogenated alkanes) is 2.